The molecule has 1 heterocycles. The summed E-state index contributed by atoms with van der Waals surface area (Å²) in [6.45, 7) is 0.324. The molecule has 1 fully saturated rings. The second-order valence-corrected chi connectivity index (χ2v) is 4.44. The normalized spacial score (nSPS) is 19.3. The van der Waals surface area contributed by atoms with Gasteiger partial charge < -0.3 is 10.4 Å². The zero-order valence-corrected chi connectivity index (χ0v) is 9.20. The van der Waals surface area contributed by atoms with Crippen molar-refractivity contribution >= 4 is 5.91 Å². The van der Waals surface area contributed by atoms with E-state index in [1.54, 1.807) is 6.07 Å². The van der Waals surface area contributed by atoms with Gasteiger partial charge in [-0.2, -0.15) is 5.10 Å². The second kappa shape index (κ2) is 4.65. The summed E-state index contributed by atoms with van der Waals surface area (Å²) >= 11 is 0. The minimum Gasteiger partial charge on any atom is -0.388 e. The summed E-state index contributed by atoms with van der Waals surface area (Å²) in [6.07, 6.45) is 6.33. The third-order valence-electron chi connectivity index (χ3n) is 3.11. The largest absolute Gasteiger partial charge is 0.388 e. The summed E-state index contributed by atoms with van der Waals surface area (Å²) in [6, 6.07) is 1.61. The van der Waals surface area contributed by atoms with Crippen LogP contribution in [0.5, 0.6) is 0 Å². The minimum absolute atomic E-state index is 0.212. The van der Waals surface area contributed by atoms with Crippen molar-refractivity contribution in [2.24, 2.45) is 0 Å². The first-order valence-corrected chi connectivity index (χ1v) is 5.70. The van der Waals surface area contributed by atoms with E-state index in [0.29, 0.717) is 12.2 Å². The van der Waals surface area contributed by atoms with Crippen LogP contribution in [0.4, 0.5) is 0 Å². The van der Waals surface area contributed by atoms with Gasteiger partial charge in [-0.15, -0.1) is 0 Å². The minimum atomic E-state index is -0.714. The molecule has 0 aromatic carbocycles. The number of nitrogens with zero attached hydrogens (tertiary/aromatic N) is 1. The number of nitrogens with one attached hydrogen (secondary N) is 2. The molecule has 5 nitrogen and oxygen atoms in total. The molecule has 1 aliphatic rings. The Kier molecular flexibility index (Phi) is 3.24. The van der Waals surface area contributed by atoms with Crippen molar-refractivity contribution in [3.63, 3.8) is 0 Å². The van der Waals surface area contributed by atoms with E-state index in [4.69, 9.17) is 0 Å². The number of aromatic amines is 1. The molecule has 3 N–H and O–H groups in total. The number of carbonyl (C=O) groups excluding carboxylic acids is 1. The molecule has 5 heteroatoms. The standard InChI is InChI=1S/C11H17N3O2/c15-10(9-4-7-13-14-9)12-8-11(16)5-2-1-3-6-11/h4,7,16H,1-3,5-6,8H2,(H,12,15)(H,13,14). The molecule has 0 atom stereocenters. The zero-order valence-electron chi connectivity index (χ0n) is 9.20. The number of aliphatic hydroxyl groups is 1. The van der Waals surface area contributed by atoms with E-state index in [1.165, 1.54) is 12.6 Å². The summed E-state index contributed by atoms with van der Waals surface area (Å²) in [4.78, 5) is 11.6. The van der Waals surface area contributed by atoms with Crippen LogP contribution in [0, 0.1) is 0 Å². The highest BCUT2D eigenvalue weighted by Gasteiger charge is 2.29. The molecule has 0 bridgehead atoms. The molecule has 16 heavy (non-hydrogen) atoms. The predicted molar refractivity (Wildman–Crippen MR) is 59.0 cm³/mol. The van der Waals surface area contributed by atoms with Gasteiger partial charge in [0.15, 0.2) is 0 Å². The van der Waals surface area contributed by atoms with Crippen molar-refractivity contribution < 1.29 is 9.90 Å². The maximum atomic E-state index is 11.6. The molecule has 1 amide bonds. The van der Waals surface area contributed by atoms with Gasteiger partial charge in [0.2, 0.25) is 0 Å². The maximum Gasteiger partial charge on any atom is 0.269 e. The number of rotatable bonds is 3. The van der Waals surface area contributed by atoms with Gasteiger partial charge in [-0.05, 0) is 18.9 Å². The summed E-state index contributed by atoms with van der Waals surface area (Å²) in [5.41, 5.74) is -0.284. The lowest BCUT2D eigenvalue weighted by atomic mass is 9.85. The van der Waals surface area contributed by atoms with E-state index in [1.807, 2.05) is 0 Å². The van der Waals surface area contributed by atoms with Gasteiger partial charge in [0.1, 0.15) is 5.69 Å². The van der Waals surface area contributed by atoms with Crippen molar-refractivity contribution in [1.29, 1.82) is 0 Å². The lowest BCUT2D eigenvalue weighted by Gasteiger charge is -2.31. The molecule has 0 radical (unpaired) electrons. The Morgan fingerprint density at radius 3 is 2.88 bits per heavy atom. The van der Waals surface area contributed by atoms with Crippen LogP contribution < -0.4 is 5.32 Å². The van der Waals surface area contributed by atoms with Gasteiger partial charge in [0.05, 0.1) is 5.60 Å². The summed E-state index contributed by atoms with van der Waals surface area (Å²) in [5.74, 6) is -0.212. The van der Waals surface area contributed by atoms with Gasteiger partial charge in [-0.3, -0.25) is 9.89 Å². The fourth-order valence-corrected chi connectivity index (χ4v) is 2.11. The summed E-state index contributed by atoms with van der Waals surface area (Å²) < 4.78 is 0. The van der Waals surface area contributed by atoms with Gasteiger partial charge in [0, 0.05) is 12.7 Å². The smallest absolute Gasteiger partial charge is 0.269 e. The van der Waals surface area contributed by atoms with E-state index >= 15 is 0 Å². The van der Waals surface area contributed by atoms with E-state index in [0.717, 1.165) is 25.7 Å². The van der Waals surface area contributed by atoms with Crippen LogP contribution in [0.2, 0.25) is 0 Å². The molecular formula is C11H17N3O2. The number of carbonyl (C=O) groups is 1. The molecular weight excluding hydrogens is 206 g/mol. The van der Waals surface area contributed by atoms with Crippen LogP contribution in [-0.4, -0.2) is 33.4 Å². The van der Waals surface area contributed by atoms with Crippen LogP contribution in [0.25, 0.3) is 0 Å². The van der Waals surface area contributed by atoms with Gasteiger partial charge in [-0.1, -0.05) is 19.3 Å². The Labute approximate surface area is 94.2 Å². The van der Waals surface area contributed by atoms with E-state index in [9.17, 15) is 9.90 Å². The number of hydrogen-bond donors (Lipinski definition) is 3. The topological polar surface area (TPSA) is 78.0 Å². The van der Waals surface area contributed by atoms with Crippen LogP contribution in [-0.2, 0) is 0 Å². The van der Waals surface area contributed by atoms with E-state index in [2.05, 4.69) is 15.5 Å². The molecule has 1 aliphatic carbocycles. The first-order chi connectivity index (χ1) is 7.70. The summed E-state index contributed by atoms with van der Waals surface area (Å²) in [7, 11) is 0. The highest BCUT2D eigenvalue weighted by molar-refractivity contribution is 5.92. The number of amides is 1. The number of hydrogen-bond acceptors (Lipinski definition) is 3. The molecule has 88 valence electrons. The molecule has 0 unspecified atom stereocenters. The van der Waals surface area contributed by atoms with E-state index in [-0.39, 0.29) is 5.91 Å². The lowest BCUT2D eigenvalue weighted by Crippen LogP contribution is -2.44. The Morgan fingerprint density at radius 2 is 2.25 bits per heavy atom. The quantitative estimate of drug-likeness (QED) is 0.710. The lowest BCUT2D eigenvalue weighted by molar-refractivity contribution is 0.00521. The zero-order chi connectivity index (χ0) is 11.4. The van der Waals surface area contributed by atoms with Gasteiger partial charge in [0.25, 0.3) is 5.91 Å². The maximum absolute atomic E-state index is 11.6. The highest BCUT2D eigenvalue weighted by Crippen LogP contribution is 2.27. The highest BCUT2D eigenvalue weighted by atomic mass is 16.3. The second-order valence-electron chi connectivity index (χ2n) is 4.44. The van der Waals surface area contributed by atoms with Crippen molar-refractivity contribution in [2.45, 2.75) is 37.7 Å². The van der Waals surface area contributed by atoms with Crippen molar-refractivity contribution in [3.05, 3.63) is 18.0 Å². The third-order valence-corrected chi connectivity index (χ3v) is 3.11. The average molecular weight is 223 g/mol. The number of H-pyrrole nitrogens is 1. The van der Waals surface area contributed by atoms with Crippen LogP contribution in [0.3, 0.4) is 0 Å². The molecule has 0 aliphatic heterocycles. The molecule has 2 rings (SSSR count). The van der Waals surface area contributed by atoms with Crippen LogP contribution in [0.15, 0.2) is 12.3 Å². The van der Waals surface area contributed by atoms with Crippen molar-refractivity contribution in [3.8, 4) is 0 Å². The monoisotopic (exact) mass is 223 g/mol. The van der Waals surface area contributed by atoms with Crippen LogP contribution in [0.1, 0.15) is 42.6 Å². The van der Waals surface area contributed by atoms with Crippen LogP contribution >= 0.6 is 0 Å². The van der Waals surface area contributed by atoms with Gasteiger partial charge >= 0.3 is 0 Å². The van der Waals surface area contributed by atoms with Gasteiger partial charge in [-0.25, -0.2) is 0 Å². The van der Waals surface area contributed by atoms with Crippen molar-refractivity contribution in [1.82, 2.24) is 15.5 Å². The molecule has 1 saturated carbocycles. The molecule has 1 aromatic rings. The Bertz CT molecular complexity index is 342. The Morgan fingerprint density at radius 1 is 1.50 bits per heavy atom. The van der Waals surface area contributed by atoms with Crippen molar-refractivity contribution in [2.75, 3.05) is 6.54 Å². The molecule has 0 spiro atoms. The Balaban J connectivity index is 1.84. The SMILES string of the molecule is O=C(NCC1(O)CCCCC1)c1ccn[nH]1. The first-order valence-electron chi connectivity index (χ1n) is 5.70. The fourth-order valence-electron chi connectivity index (χ4n) is 2.11. The summed E-state index contributed by atoms with van der Waals surface area (Å²) in [5, 5.41) is 19.2. The number of aromatic nitrogens is 2. The Hall–Kier alpha value is -1.36. The average Bonchev–Trinajstić information content (AvgIpc) is 2.80. The van der Waals surface area contributed by atoms with E-state index < -0.39 is 5.60 Å². The molecule has 0 saturated heterocycles. The first kappa shape index (κ1) is 11.1. The fraction of sp³-hybridized carbons (Fsp3) is 0.636. The predicted octanol–water partition coefficient (Wildman–Crippen LogP) is 0.835. The third kappa shape index (κ3) is 2.61. The molecule has 1 aromatic heterocycles.